The van der Waals surface area contributed by atoms with Gasteiger partial charge >= 0.3 is 5.97 Å². The average molecular weight is 194 g/mol. The zero-order chi connectivity index (χ0) is 10.6. The van der Waals surface area contributed by atoms with E-state index >= 15 is 0 Å². The first-order valence-electron chi connectivity index (χ1n) is 4.40. The summed E-state index contributed by atoms with van der Waals surface area (Å²) in [5.74, 6) is -0.318. The second kappa shape index (κ2) is 4.77. The Morgan fingerprint density at radius 3 is 2.21 bits per heavy atom. The SMILES string of the molecule is COC(=O)c1ccc([C@@H](C)OC)cc1. The third-order valence-electron chi connectivity index (χ3n) is 2.15. The van der Waals surface area contributed by atoms with Crippen molar-refractivity contribution in [3.05, 3.63) is 35.4 Å². The van der Waals surface area contributed by atoms with Crippen molar-refractivity contribution in [1.82, 2.24) is 0 Å². The average Bonchev–Trinajstić information content (AvgIpc) is 2.27. The van der Waals surface area contributed by atoms with Gasteiger partial charge in [0.1, 0.15) is 0 Å². The fraction of sp³-hybridized carbons (Fsp3) is 0.364. The highest BCUT2D eigenvalue weighted by molar-refractivity contribution is 5.89. The third kappa shape index (κ3) is 2.33. The summed E-state index contributed by atoms with van der Waals surface area (Å²) in [5.41, 5.74) is 1.60. The van der Waals surface area contributed by atoms with E-state index in [9.17, 15) is 4.79 Å². The number of methoxy groups -OCH3 is 2. The molecule has 3 heteroatoms. The molecule has 14 heavy (non-hydrogen) atoms. The molecule has 0 saturated carbocycles. The quantitative estimate of drug-likeness (QED) is 0.692. The van der Waals surface area contributed by atoms with Gasteiger partial charge in [-0.2, -0.15) is 0 Å². The lowest BCUT2D eigenvalue weighted by Crippen LogP contribution is -2.02. The minimum absolute atomic E-state index is 0.0432. The lowest BCUT2D eigenvalue weighted by Gasteiger charge is -2.09. The van der Waals surface area contributed by atoms with Crippen LogP contribution in [0.4, 0.5) is 0 Å². The van der Waals surface area contributed by atoms with E-state index in [1.165, 1.54) is 7.11 Å². The molecule has 0 aromatic heterocycles. The molecule has 0 N–H and O–H groups in total. The number of benzene rings is 1. The molecular formula is C11H14O3. The molecule has 0 bridgehead atoms. The number of carbonyl (C=O) groups is 1. The van der Waals surface area contributed by atoms with Crippen molar-refractivity contribution in [3.8, 4) is 0 Å². The molecule has 0 aliphatic heterocycles. The molecule has 0 fully saturated rings. The van der Waals surface area contributed by atoms with Crippen LogP contribution >= 0.6 is 0 Å². The molecule has 0 spiro atoms. The zero-order valence-corrected chi connectivity index (χ0v) is 8.61. The number of ether oxygens (including phenoxy) is 2. The van der Waals surface area contributed by atoms with Crippen LogP contribution in [0.2, 0.25) is 0 Å². The predicted octanol–water partition coefficient (Wildman–Crippen LogP) is 2.18. The Morgan fingerprint density at radius 1 is 1.21 bits per heavy atom. The fourth-order valence-electron chi connectivity index (χ4n) is 1.14. The summed E-state index contributed by atoms with van der Waals surface area (Å²) >= 11 is 0. The van der Waals surface area contributed by atoms with E-state index in [1.54, 1.807) is 19.2 Å². The fourth-order valence-corrected chi connectivity index (χ4v) is 1.14. The molecule has 76 valence electrons. The lowest BCUT2D eigenvalue weighted by atomic mass is 10.1. The van der Waals surface area contributed by atoms with E-state index in [4.69, 9.17) is 4.74 Å². The van der Waals surface area contributed by atoms with Gasteiger partial charge in [0, 0.05) is 7.11 Å². The molecular weight excluding hydrogens is 180 g/mol. The van der Waals surface area contributed by atoms with Gasteiger partial charge in [-0.3, -0.25) is 0 Å². The van der Waals surface area contributed by atoms with E-state index < -0.39 is 0 Å². The molecule has 0 saturated heterocycles. The second-order valence-corrected chi connectivity index (χ2v) is 2.99. The Morgan fingerprint density at radius 2 is 1.79 bits per heavy atom. The minimum Gasteiger partial charge on any atom is -0.465 e. The maximum absolute atomic E-state index is 11.1. The van der Waals surface area contributed by atoms with Crippen LogP contribution in [0.5, 0.6) is 0 Å². The maximum atomic E-state index is 11.1. The van der Waals surface area contributed by atoms with Crippen LogP contribution in [0.1, 0.15) is 28.9 Å². The smallest absolute Gasteiger partial charge is 0.337 e. The van der Waals surface area contributed by atoms with E-state index in [0.717, 1.165) is 5.56 Å². The summed E-state index contributed by atoms with van der Waals surface area (Å²) in [6.45, 7) is 1.95. The van der Waals surface area contributed by atoms with Gasteiger partial charge in [0.25, 0.3) is 0 Å². The summed E-state index contributed by atoms with van der Waals surface area (Å²) in [4.78, 5) is 11.1. The van der Waals surface area contributed by atoms with Gasteiger partial charge in [0.2, 0.25) is 0 Å². The Hall–Kier alpha value is -1.35. The van der Waals surface area contributed by atoms with Crippen molar-refractivity contribution in [2.75, 3.05) is 14.2 Å². The van der Waals surface area contributed by atoms with Gasteiger partial charge < -0.3 is 9.47 Å². The van der Waals surface area contributed by atoms with Crippen LogP contribution in [-0.4, -0.2) is 20.2 Å². The molecule has 1 atom stereocenters. The van der Waals surface area contributed by atoms with Gasteiger partial charge in [0.05, 0.1) is 18.8 Å². The first-order valence-corrected chi connectivity index (χ1v) is 4.40. The summed E-state index contributed by atoms with van der Waals surface area (Å²) in [6.07, 6.45) is 0.0432. The third-order valence-corrected chi connectivity index (χ3v) is 2.15. The number of carbonyl (C=O) groups excluding carboxylic acids is 1. The number of esters is 1. The summed E-state index contributed by atoms with van der Waals surface area (Å²) < 4.78 is 9.74. The summed E-state index contributed by atoms with van der Waals surface area (Å²) in [5, 5.41) is 0. The normalized spacial score (nSPS) is 12.2. The van der Waals surface area contributed by atoms with Gasteiger partial charge in [-0.05, 0) is 24.6 Å². The maximum Gasteiger partial charge on any atom is 0.337 e. The van der Waals surface area contributed by atoms with Gasteiger partial charge in [-0.1, -0.05) is 12.1 Å². The molecule has 1 aromatic rings. The van der Waals surface area contributed by atoms with E-state index in [2.05, 4.69) is 4.74 Å². The van der Waals surface area contributed by atoms with Crippen LogP contribution in [0.3, 0.4) is 0 Å². The lowest BCUT2D eigenvalue weighted by molar-refractivity contribution is 0.0600. The number of hydrogen-bond donors (Lipinski definition) is 0. The Labute approximate surface area is 83.6 Å². The Kier molecular flexibility index (Phi) is 3.65. The molecule has 0 amide bonds. The van der Waals surface area contributed by atoms with Crippen molar-refractivity contribution >= 4 is 5.97 Å². The zero-order valence-electron chi connectivity index (χ0n) is 8.61. The molecule has 1 rings (SSSR count). The molecule has 0 aliphatic carbocycles. The van der Waals surface area contributed by atoms with Crippen molar-refractivity contribution in [1.29, 1.82) is 0 Å². The van der Waals surface area contributed by atoms with Crippen LogP contribution in [0.25, 0.3) is 0 Å². The van der Waals surface area contributed by atoms with Crippen LogP contribution < -0.4 is 0 Å². The predicted molar refractivity (Wildman–Crippen MR) is 53.2 cm³/mol. The van der Waals surface area contributed by atoms with Crippen LogP contribution in [0, 0.1) is 0 Å². The molecule has 0 aliphatic rings. The molecule has 0 unspecified atom stereocenters. The van der Waals surface area contributed by atoms with Crippen LogP contribution in [0.15, 0.2) is 24.3 Å². The monoisotopic (exact) mass is 194 g/mol. The summed E-state index contributed by atoms with van der Waals surface area (Å²) in [6, 6.07) is 7.19. The molecule has 3 nitrogen and oxygen atoms in total. The van der Waals surface area contributed by atoms with E-state index in [1.807, 2.05) is 19.1 Å². The number of hydrogen-bond acceptors (Lipinski definition) is 3. The molecule has 0 heterocycles. The van der Waals surface area contributed by atoms with Gasteiger partial charge in [-0.15, -0.1) is 0 Å². The van der Waals surface area contributed by atoms with Crippen molar-refractivity contribution in [2.24, 2.45) is 0 Å². The number of rotatable bonds is 3. The van der Waals surface area contributed by atoms with E-state index in [0.29, 0.717) is 5.56 Å². The first-order chi connectivity index (χ1) is 6.69. The van der Waals surface area contributed by atoms with Crippen molar-refractivity contribution in [2.45, 2.75) is 13.0 Å². The van der Waals surface area contributed by atoms with E-state index in [-0.39, 0.29) is 12.1 Å². The second-order valence-electron chi connectivity index (χ2n) is 2.99. The first kappa shape index (κ1) is 10.7. The summed E-state index contributed by atoms with van der Waals surface area (Å²) in [7, 11) is 3.02. The standard InChI is InChI=1S/C11H14O3/c1-8(13-2)9-4-6-10(7-5-9)11(12)14-3/h4-8H,1-3H3/t8-/m1/s1. The van der Waals surface area contributed by atoms with Gasteiger partial charge in [-0.25, -0.2) is 4.79 Å². The Bertz CT molecular complexity index is 303. The van der Waals surface area contributed by atoms with Crippen molar-refractivity contribution < 1.29 is 14.3 Å². The minimum atomic E-state index is -0.318. The highest BCUT2D eigenvalue weighted by Crippen LogP contribution is 2.16. The largest absolute Gasteiger partial charge is 0.465 e. The highest BCUT2D eigenvalue weighted by Gasteiger charge is 2.07. The van der Waals surface area contributed by atoms with Crippen LogP contribution in [-0.2, 0) is 9.47 Å². The topological polar surface area (TPSA) is 35.5 Å². The van der Waals surface area contributed by atoms with Crippen molar-refractivity contribution in [3.63, 3.8) is 0 Å². The molecule has 0 radical (unpaired) electrons. The Balaban J connectivity index is 2.83. The molecule has 1 aromatic carbocycles. The highest BCUT2D eigenvalue weighted by atomic mass is 16.5. The van der Waals surface area contributed by atoms with Gasteiger partial charge in [0.15, 0.2) is 0 Å².